The van der Waals surface area contributed by atoms with Gasteiger partial charge in [-0.1, -0.05) is 202 Å². The molecule has 0 bridgehead atoms. The van der Waals surface area contributed by atoms with Gasteiger partial charge in [0.05, 0.1) is 0 Å². The van der Waals surface area contributed by atoms with E-state index in [9.17, 15) is 0 Å². The third-order valence-electron chi connectivity index (χ3n) is 9.09. The van der Waals surface area contributed by atoms with Crippen LogP contribution in [0.25, 0.3) is 0 Å². The molecule has 0 unspecified atom stereocenters. The molecule has 0 aromatic heterocycles. The Morgan fingerprint density at radius 3 is 0.775 bits per heavy atom. The zero-order valence-electron chi connectivity index (χ0n) is 29.2. The Bertz CT molecular complexity index is 418. The quantitative estimate of drug-likeness (QED) is 0.0704. The summed E-state index contributed by atoms with van der Waals surface area (Å²) in [5.41, 5.74) is 0. The van der Waals surface area contributed by atoms with Gasteiger partial charge >= 0.3 is 0 Å². The van der Waals surface area contributed by atoms with Crippen molar-refractivity contribution in [3.63, 3.8) is 0 Å². The average molecular weight is 564 g/mol. The fraction of sp³-hybridized carbons (Fsp3) is 1.00. The molecule has 40 heavy (non-hydrogen) atoms. The van der Waals surface area contributed by atoms with Gasteiger partial charge in [0.2, 0.25) is 0 Å². The Morgan fingerprint density at radius 2 is 0.525 bits per heavy atom. The average Bonchev–Trinajstić information content (AvgIpc) is 2.92. The van der Waals surface area contributed by atoms with E-state index in [0.717, 1.165) is 11.8 Å². The van der Waals surface area contributed by atoms with Crippen LogP contribution in [0.15, 0.2) is 0 Å². The first-order valence-corrected chi connectivity index (χ1v) is 19.3. The molecular formula is C39H81N. The lowest BCUT2D eigenvalue weighted by Gasteiger charge is -2.22. The zero-order valence-corrected chi connectivity index (χ0v) is 29.2. The molecule has 0 fully saturated rings. The molecule has 0 amide bonds. The normalized spacial score (nSPS) is 12.0. The summed E-state index contributed by atoms with van der Waals surface area (Å²) in [6.07, 6.45) is 42.2. The number of rotatable bonds is 34. The van der Waals surface area contributed by atoms with Gasteiger partial charge in [0.1, 0.15) is 0 Å². The molecule has 1 nitrogen and oxygen atoms in total. The van der Waals surface area contributed by atoms with E-state index in [0.29, 0.717) is 0 Å². The van der Waals surface area contributed by atoms with Gasteiger partial charge < -0.3 is 4.90 Å². The number of hydrogen-bond acceptors (Lipinski definition) is 1. The van der Waals surface area contributed by atoms with E-state index in [4.69, 9.17) is 0 Å². The largest absolute Gasteiger partial charge is 0.303 e. The third-order valence-corrected chi connectivity index (χ3v) is 9.09. The van der Waals surface area contributed by atoms with Gasteiger partial charge in [-0.3, -0.25) is 0 Å². The van der Waals surface area contributed by atoms with Crippen LogP contribution >= 0.6 is 0 Å². The van der Waals surface area contributed by atoms with Crippen LogP contribution in [0.1, 0.15) is 221 Å². The van der Waals surface area contributed by atoms with Gasteiger partial charge in [0, 0.05) is 0 Å². The van der Waals surface area contributed by atoms with Crippen LogP contribution in [-0.4, -0.2) is 24.5 Å². The molecule has 0 aliphatic carbocycles. The Labute approximate surface area is 256 Å². The molecule has 0 N–H and O–H groups in total. The van der Waals surface area contributed by atoms with Crippen molar-refractivity contribution in [2.24, 2.45) is 11.8 Å². The minimum Gasteiger partial charge on any atom is -0.303 e. The summed E-state index contributed by atoms with van der Waals surface area (Å²) in [6.45, 7) is 15.8. The monoisotopic (exact) mass is 564 g/mol. The van der Waals surface area contributed by atoms with Crippen LogP contribution in [0.4, 0.5) is 0 Å². The molecule has 242 valence electrons. The first-order chi connectivity index (χ1) is 19.6. The molecule has 0 heterocycles. The number of nitrogens with zero attached hydrogens (tertiary/aromatic N) is 1. The highest BCUT2D eigenvalue weighted by molar-refractivity contribution is 4.61. The predicted octanol–water partition coefficient (Wildman–Crippen LogP) is 13.9. The number of hydrogen-bond donors (Lipinski definition) is 0. The second-order valence-electron chi connectivity index (χ2n) is 14.4. The van der Waals surface area contributed by atoms with E-state index in [1.54, 1.807) is 0 Å². The summed E-state index contributed by atoms with van der Waals surface area (Å²) in [7, 11) is 0. The topological polar surface area (TPSA) is 3.24 Å². The fourth-order valence-electron chi connectivity index (χ4n) is 6.23. The summed E-state index contributed by atoms with van der Waals surface area (Å²) in [5, 5.41) is 0. The second kappa shape index (κ2) is 33.5. The molecule has 0 rings (SSSR count). The van der Waals surface area contributed by atoms with Gasteiger partial charge in [-0.25, -0.2) is 0 Å². The van der Waals surface area contributed by atoms with Crippen LogP contribution < -0.4 is 0 Å². The van der Waals surface area contributed by atoms with Crippen molar-refractivity contribution in [2.45, 2.75) is 221 Å². The lowest BCUT2D eigenvalue weighted by atomic mass is 10.0. The molecule has 0 spiro atoms. The molecular weight excluding hydrogens is 482 g/mol. The molecule has 0 aliphatic rings. The van der Waals surface area contributed by atoms with Crippen LogP contribution in [0.3, 0.4) is 0 Å². The lowest BCUT2D eigenvalue weighted by molar-refractivity contribution is 0.254. The maximum atomic E-state index is 2.85. The van der Waals surface area contributed by atoms with Crippen molar-refractivity contribution in [2.75, 3.05) is 19.6 Å². The van der Waals surface area contributed by atoms with E-state index in [-0.39, 0.29) is 0 Å². The van der Waals surface area contributed by atoms with Crippen molar-refractivity contribution < 1.29 is 0 Å². The van der Waals surface area contributed by atoms with Gasteiger partial charge in [0.15, 0.2) is 0 Å². The van der Waals surface area contributed by atoms with Crippen molar-refractivity contribution in [1.29, 1.82) is 0 Å². The highest BCUT2D eigenvalue weighted by Crippen LogP contribution is 2.16. The standard InChI is InChI=1S/C39H81N/c1-6-7-8-9-10-11-12-13-14-15-16-17-20-25-30-35-40(36-31-26-21-18-23-28-33-38(2)3)37-32-27-22-19-24-29-34-39(4)5/h38-39H,6-37H2,1-5H3. The minimum atomic E-state index is 0.883. The lowest BCUT2D eigenvalue weighted by Crippen LogP contribution is -2.27. The Morgan fingerprint density at radius 1 is 0.300 bits per heavy atom. The first-order valence-electron chi connectivity index (χ1n) is 19.3. The van der Waals surface area contributed by atoms with E-state index in [2.05, 4.69) is 39.5 Å². The van der Waals surface area contributed by atoms with Crippen LogP contribution in [-0.2, 0) is 0 Å². The summed E-state index contributed by atoms with van der Waals surface area (Å²) in [4.78, 5) is 2.85. The molecule has 0 aliphatic heterocycles. The Balaban J connectivity index is 3.84. The minimum absolute atomic E-state index is 0.883. The van der Waals surface area contributed by atoms with Crippen LogP contribution in [0.5, 0.6) is 0 Å². The summed E-state index contributed by atoms with van der Waals surface area (Å²) >= 11 is 0. The van der Waals surface area contributed by atoms with Crippen molar-refractivity contribution in [3.8, 4) is 0 Å². The molecule has 1 heteroatoms. The van der Waals surface area contributed by atoms with E-state index in [1.807, 2.05) is 0 Å². The first kappa shape index (κ1) is 40.0. The highest BCUT2D eigenvalue weighted by Gasteiger charge is 2.05. The zero-order chi connectivity index (χ0) is 29.4. The van der Waals surface area contributed by atoms with Crippen LogP contribution in [0, 0.1) is 11.8 Å². The summed E-state index contributed by atoms with van der Waals surface area (Å²) in [5.74, 6) is 1.77. The van der Waals surface area contributed by atoms with Gasteiger partial charge in [-0.05, 0) is 50.7 Å². The van der Waals surface area contributed by atoms with Crippen molar-refractivity contribution in [3.05, 3.63) is 0 Å². The smallest absolute Gasteiger partial charge is 0.00187 e. The SMILES string of the molecule is CCCCCCCCCCCCCCCCCN(CCCCCCCCC(C)C)CCCCCCCCC(C)C. The third kappa shape index (κ3) is 34.2. The summed E-state index contributed by atoms with van der Waals surface area (Å²) < 4.78 is 0. The summed E-state index contributed by atoms with van der Waals surface area (Å²) in [6, 6.07) is 0. The maximum absolute atomic E-state index is 2.85. The number of unbranched alkanes of at least 4 members (excludes halogenated alkanes) is 24. The van der Waals surface area contributed by atoms with E-state index >= 15 is 0 Å². The molecule has 0 saturated heterocycles. The van der Waals surface area contributed by atoms with Crippen molar-refractivity contribution in [1.82, 2.24) is 4.90 Å². The predicted molar refractivity (Wildman–Crippen MR) is 186 cm³/mol. The second-order valence-corrected chi connectivity index (χ2v) is 14.4. The van der Waals surface area contributed by atoms with Crippen LogP contribution in [0.2, 0.25) is 0 Å². The highest BCUT2D eigenvalue weighted by atomic mass is 15.1. The molecule has 0 atom stereocenters. The fourth-order valence-corrected chi connectivity index (χ4v) is 6.23. The Kier molecular flexibility index (Phi) is 33.4. The molecule has 0 radical (unpaired) electrons. The molecule has 0 aromatic rings. The van der Waals surface area contributed by atoms with Gasteiger partial charge in [0.25, 0.3) is 0 Å². The molecule has 0 saturated carbocycles. The van der Waals surface area contributed by atoms with E-state index < -0.39 is 0 Å². The van der Waals surface area contributed by atoms with Crippen molar-refractivity contribution >= 4 is 0 Å². The van der Waals surface area contributed by atoms with Gasteiger partial charge in [-0.2, -0.15) is 0 Å². The van der Waals surface area contributed by atoms with Gasteiger partial charge in [-0.15, -0.1) is 0 Å². The maximum Gasteiger partial charge on any atom is -0.00187 e. The van der Waals surface area contributed by atoms with E-state index in [1.165, 1.54) is 206 Å². The Hall–Kier alpha value is -0.0400. The molecule has 0 aromatic carbocycles.